The summed E-state index contributed by atoms with van der Waals surface area (Å²) < 4.78 is 45.0. The fraction of sp³-hybridized carbons (Fsp3) is 0.238. The number of nitrogens with zero attached hydrogens (tertiary/aromatic N) is 4. The first-order chi connectivity index (χ1) is 15.7. The van der Waals surface area contributed by atoms with E-state index < -0.39 is 35.5 Å². The Kier molecular flexibility index (Phi) is 4.73. The highest BCUT2D eigenvalue weighted by Gasteiger charge is 2.36. The van der Waals surface area contributed by atoms with E-state index in [1.54, 1.807) is 29.8 Å². The quantitative estimate of drug-likeness (QED) is 0.408. The maximum atomic E-state index is 14.5. The van der Waals surface area contributed by atoms with Gasteiger partial charge in [-0.3, -0.25) is 4.57 Å². The van der Waals surface area contributed by atoms with Gasteiger partial charge in [-0.15, -0.1) is 0 Å². The highest BCUT2D eigenvalue weighted by molar-refractivity contribution is 5.66. The molecule has 9 nitrogen and oxygen atoms in total. The van der Waals surface area contributed by atoms with E-state index in [4.69, 9.17) is 0 Å². The minimum atomic E-state index is -1.32. The van der Waals surface area contributed by atoms with Crippen molar-refractivity contribution in [2.24, 2.45) is 7.05 Å². The number of halogens is 3. The van der Waals surface area contributed by atoms with Gasteiger partial charge in [0, 0.05) is 55.4 Å². The van der Waals surface area contributed by atoms with E-state index in [2.05, 4.69) is 20.5 Å². The van der Waals surface area contributed by atoms with Gasteiger partial charge in [-0.05, 0) is 23.8 Å². The van der Waals surface area contributed by atoms with Gasteiger partial charge >= 0.3 is 11.8 Å². The third kappa shape index (κ3) is 3.43. The molecule has 1 aromatic carbocycles. The number of aromatic amines is 1. The van der Waals surface area contributed by atoms with E-state index in [1.165, 1.54) is 4.57 Å². The van der Waals surface area contributed by atoms with Crippen LogP contribution in [0, 0.1) is 17.5 Å². The third-order valence-corrected chi connectivity index (χ3v) is 6.01. The van der Waals surface area contributed by atoms with Crippen LogP contribution in [0.4, 0.5) is 18.0 Å². The molecule has 0 aliphatic heterocycles. The molecule has 3 aromatic heterocycles. The Bertz CT molecular complexity index is 1470. The first-order valence-corrected chi connectivity index (χ1v) is 9.98. The molecule has 0 saturated heterocycles. The van der Waals surface area contributed by atoms with E-state index in [1.807, 2.05) is 0 Å². The van der Waals surface area contributed by atoms with Crippen LogP contribution in [0.3, 0.4) is 0 Å². The van der Waals surface area contributed by atoms with E-state index in [9.17, 15) is 27.9 Å². The lowest BCUT2D eigenvalue weighted by Gasteiger charge is -2.31. The van der Waals surface area contributed by atoms with Crippen LogP contribution in [0.5, 0.6) is 0 Å². The SMILES string of the molecule is Cn1c(-c2ccn3c4c(nc3c2)C[C@H](c2cc(F)c(F)cc2F)[C@@H](NC(=O)O)C4)n[nH]c1=O. The Hall–Kier alpha value is -4.09. The average Bonchev–Trinajstić information content (AvgIpc) is 3.28. The lowest BCUT2D eigenvalue weighted by Crippen LogP contribution is -2.43. The van der Waals surface area contributed by atoms with Gasteiger partial charge in [0.2, 0.25) is 0 Å². The second kappa shape index (κ2) is 7.50. The second-order valence-electron chi connectivity index (χ2n) is 7.92. The summed E-state index contributed by atoms with van der Waals surface area (Å²) in [5.74, 6) is -3.86. The summed E-state index contributed by atoms with van der Waals surface area (Å²) in [4.78, 5) is 27.7. The molecule has 1 amide bonds. The van der Waals surface area contributed by atoms with Crippen molar-refractivity contribution in [3.63, 3.8) is 0 Å². The number of carboxylic acid groups (broad SMARTS) is 1. The highest BCUT2D eigenvalue weighted by atomic mass is 19.2. The maximum Gasteiger partial charge on any atom is 0.404 e. The molecule has 0 fully saturated rings. The van der Waals surface area contributed by atoms with Gasteiger partial charge in [-0.2, -0.15) is 5.10 Å². The number of benzene rings is 1. The zero-order chi connectivity index (χ0) is 23.4. The predicted octanol–water partition coefficient (Wildman–Crippen LogP) is 2.36. The zero-order valence-corrected chi connectivity index (χ0v) is 17.1. The summed E-state index contributed by atoms with van der Waals surface area (Å²) in [5, 5.41) is 18.0. The monoisotopic (exact) mass is 458 g/mol. The number of H-pyrrole nitrogens is 1. The van der Waals surface area contributed by atoms with E-state index >= 15 is 0 Å². The van der Waals surface area contributed by atoms with Gasteiger partial charge in [0.05, 0.1) is 5.69 Å². The van der Waals surface area contributed by atoms with Crippen molar-refractivity contribution in [3.05, 3.63) is 75.3 Å². The summed E-state index contributed by atoms with van der Waals surface area (Å²) >= 11 is 0. The molecule has 33 heavy (non-hydrogen) atoms. The molecule has 0 spiro atoms. The summed E-state index contributed by atoms with van der Waals surface area (Å²) in [6.07, 6.45) is 0.685. The molecule has 0 saturated carbocycles. The molecule has 3 heterocycles. The lowest BCUT2D eigenvalue weighted by molar-refractivity contribution is 0.186. The molecule has 12 heteroatoms. The van der Waals surface area contributed by atoms with Crippen molar-refractivity contribution in [2.45, 2.75) is 24.8 Å². The van der Waals surface area contributed by atoms with Crippen LogP contribution in [0.1, 0.15) is 22.9 Å². The molecule has 3 N–H and O–H groups in total. The number of amides is 1. The van der Waals surface area contributed by atoms with Crippen molar-refractivity contribution in [1.29, 1.82) is 0 Å². The first kappa shape index (κ1) is 20.8. The largest absolute Gasteiger partial charge is 0.465 e. The van der Waals surface area contributed by atoms with Gasteiger partial charge in [0.15, 0.2) is 17.5 Å². The molecule has 1 aliphatic rings. The summed E-state index contributed by atoms with van der Waals surface area (Å²) in [5.41, 5.74) is 1.96. The van der Waals surface area contributed by atoms with Crippen LogP contribution in [0.15, 0.2) is 35.3 Å². The molecule has 1 aliphatic carbocycles. The number of imidazole rings is 1. The Labute approximate surface area is 183 Å². The Morgan fingerprint density at radius 3 is 2.64 bits per heavy atom. The fourth-order valence-corrected chi connectivity index (χ4v) is 4.43. The third-order valence-electron chi connectivity index (χ3n) is 6.01. The van der Waals surface area contributed by atoms with Crippen LogP contribution < -0.4 is 11.0 Å². The van der Waals surface area contributed by atoms with E-state index in [0.717, 1.165) is 6.07 Å². The van der Waals surface area contributed by atoms with Crippen LogP contribution in [-0.2, 0) is 19.9 Å². The van der Waals surface area contributed by atoms with Gasteiger partial charge in [0.1, 0.15) is 11.5 Å². The molecule has 2 atom stereocenters. The van der Waals surface area contributed by atoms with Crippen molar-refractivity contribution in [3.8, 4) is 11.4 Å². The Morgan fingerprint density at radius 1 is 1.18 bits per heavy atom. The standard InChI is InChI=1S/C21H17F3N6O3/c1-29-19(27-28-20(29)31)9-2-3-30-17-8-15(26-21(32)33)11(6-16(17)25-18(30)4-9)10-5-13(23)14(24)7-12(10)22/h2-5,7,11,15,26H,6,8H2,1H3,(H,28,31)(H,32,33)/t11-,15+/m1/s1. The van der Waals surface area contributed by atoms with E-state index in [0.29, 0.717) is 34.5 Å². The number of hydrogen-bond acceptors (Lipinski definition) is 4. The zero-order valence-electron chi connectivity index (χ0n) is 17.1. The average molecular weight is 458 g/mol. The first-order valence-electron chi connectivity index (χ1n) is 9.98. The van der Waals surface area contributed by atoms with Gasteiger partial charge in [-0.25, -0.2) is 32.8 Å². The number of carbonyl (C=O) groups is 1. The maximum absolute atomic E-state index is 14.5. The summed E-state index contributed by atoms with van der Waals surface area (Å²) in [7, 11) is 1.57. The minimum absolute atomic E-state index is 0.111. The van der Waals surface area contributed by atoms with Gasteiger partial charge in [0.25, 0.3) is 0 Å². The number of hydrogen-bond donors (Lipinski definition) is 3. The topological polar surface area (TPSA) is 117 Å². The van der Waals surface area contributed by atoms with Gasteiger partial charge in [-0.1, -0.05) is 0 Å². The number of rotatable bonds is 3. The molecule has 5 rings (SSSR count). The van der Waals surface area contributed by atoms with Crippen molar-refractivity contribution in [2.75, 3.05) is 0 Å². The second-order valence-corrected chi connectivity index (χ2v) is 7.92. The Morgan fingerprint density at radius 2 is 1.94 bits per heavy atom. The molecule has 4 aromatic rings. The molecule has 0 radical (unpaired) electrons. The van der Waals surface area contributed by atoms with Crippen LogP contribution in [0.2, 0.25) is 0 Å². The molecule has 0 unspecified atom stereocenters. The normalized spacial score (nSPS) is 17.8. The Balaban J connectivity index is 1.60. The smallest absolute Gasteiger partial charge is 0.404 e. The molecule has 170 valence electrons. The number of pyridine rings is 1. The molecular weight excluding hydrogens is 441 g/mol. The number of nitrogens with one attached hydrogen (secondary N) is 2. The fourth-order valence-electron chi connectivity index (χ4n) is 4.43. The molecule has 0 bridgehead atoms. The van der Waals surface area contributed by atoms with E-state index in [-0.39, 0.29) is 24.1 Å². The minimum Gasteiger partial charge on any atom is -0.465 e. The van der Waals surface area contributed by atoms with Crippen molar-refractivity contribution >= 4 is 11.7 Å². The number of aromatic nitrogens is 5. The summed E-state index contributed by atoms with van der Waals surface area (Å²) in [6.45, 7) is 0. The highest BCUT2D eigenvalue weighted by Crippen LogP contribution is 2.36. The van der Waals surface area contributed by atoms with Crippen LogP contribution in [0.25, 0.3) is 17.0 Å². The molecular formula is C21H17F3N6O3. The van der Waals surface area contributed by atoms with Gasteiger partial charge < -0.3 is 14.8 Å². The summed E-state index contributed by atoms with van der Waals surface area (Å²) in [6, 6.07) is 3.90. The lowest BCUT2D eigenvalue weighted by atomic mass is 9.80. The van der Waals surface area contributed by atoms with Crippen molar-refractivity contribution in [1.82, 2.24) is 29.5 Å². The number of fused-ring (bicyclic) bond motifs is 3. The van der Waals surface area contributed by atoms with Crippen LogP contribution in [-0.4, -0.2) is 41.4 Å². The van der Waals surface area contributed by atoms with Crippen LogP contribution >= 0.6 is 0 Å². The predicted molar refractivity (Wildman–Crippen MR) is 109 cm³/mol. The van der Waals surface area contributed by atoms with Crippen molar-refractivity contribution < 1.29 is 23.1 Å².